The van der Waals surface area contributed by atoms with Crippen LogP contribution >= 0.6 is 0 Å². The van der Waals surface area contributed by atoms with Crippen LogP contribution in [0.3, 0.4) is 0 Å². The van der Waals surface area contributed by atoms with Crippen molar-refractivity contribution in [2.75, 3.05) is 11.4 Å². The number of rotatable bonds is 3. The molecule has 5 rings (SSSR count). The van der Waals surface area contributed by atoms with Crippen LogP contribution in [-0.2, 0) is 17.6 Å². The molecule has 0 saturated carbocycles. The first kappa shape index (κ1) is 18.8. The predicted molar refractivity (Wildman–Crippen MR) is 113 cm³/mol. The number of H-pyrrole nitrogens is 1. The molecule has 3 aromatic rings. The van der Waals surface area contributed by atoms with E-state index in [1.54, 1.807) is 4.90 Å². The number of hydrogen-bond donors (Lipinski definition) is 1. The van der Waals surface area contributed by atoms with E-state index in [4.69, 9.17) is 4.52 Å². The Balaban J connectivity index is 1.42. The molecule has 154 valence electrons. The molecule has 7 nitrogen and oxygen atoms in total. The lowest BCUT2D eigenvalue weighted by atomic mass is 9.95. The van der Waals surface area contributed by atoms with Gasteiger partial charge in [0.2, 0.25) is 17.6 Å². The van der Waals surface area contributed by atoms with Crippen LogP contribution in [0.5, 0.6) is 0 Å². The molecule has 1 aromatic carbocycles. The fourth-order valence-corrected chi connectivity index (χ4v) is 4.49. The number of aryl methyl sites for hydroxylation is 3. The third kappa shape index (κ3) is 3.14. The van der Waals surface area contributed by atoms with Crippen LogP contribution in [0.25, 0.3) is 11.4 Å². The van der Waals surface area contributed by atoms with Crippen LogP contribution in [-0.4, -0.2) is 27.6 Å². The summed E-state index contributed by atoms with van der Waals surface area (Å²) < 4.78 is 5.50. The highest BCUT2D eigenvalue weighted by molar-refractivity contribution is 5.97. The number of nitrogens with zero attached hydrogens (tertiary/aromatic N) is 3. The molecule has 30 heavy (non-hydrogen) atoms. The Morgan fingerprint density at radius 3 is 2.87 bits per heavy atom. The van der Waals surface area contributed by atoms with E-state index in [0.717, 1.165) is 53.8 Å². The van der Waals surface area contributed by atoms with Crippen LogP contribution in [0.15, 0.2) is 33.6 Å². The lowest BCUT2D eigenvalue weighted by Crippen LogP contribution is -2.25. The molecule has 7 heteroatoms. The zero-order chi connectivity index (χ0) is 20.8. The second-order valence-electron chi connectivity index (χ2n) is 8.30. The van der Waals surface area contributed by atoms with Gasteiger partial charge >= 0.3 is 0 Å². The minimum absolute atomic E-state index is 0.0417. The molecule has 1 fully saturated rings. The lowest BCUT2D eigenvalue weighted by molar-refractivity contribution is -0.117. The summed E-state index contributed by atoms with van der Waals surface area (Å²) in [5.41, 5.74) is 5.58. The molecule has 0 radical (unpaired) electrons. The number of anilines is 1. The van der Waals surface area contributed by atoms with Crippen LogP contribution in [0.2, 0.25) is 0 Å². The molecule has 0 spiro atoms. The van der Waals surface area contributed by atoms with Crippen molar-refractivity contribution in [3.05, 3.63) is 62.9 Å². The largest absolute Gasteiger partial charge is 0.339 e. The monoisotopic (exact) mass is 404 g/mol. The van der Waals surface area contributed by atoms with Gasteiger partial charge in [0.25, 0.3) is 5.56 Å². The fourth-order valence-electron chi connectivity index (χ4n) is 4.49. The smallest absolute Gasteiger partial charge is 0.259 e. The van der Waals surface area contributed by atoms with Crippen LogP contribution in [0, 0.1) is 13.8 Å². The maximum absolute atomic E-state index is 12.7. The molecule has 1 saturated heterocycles. The molecule has 1 aliphatic heterocycles. The summed E-state index contributed by atoms with van der Waals surface area (Å²) in [5, 5.41) is 4.06. The maximum Gasteiger partial charge on any atom is 0.259 e. The number of nitrogens with one attached hydrogen (secondary N) is 1. The van der Waals surface area contributed by atoms with Crippen molar-refractivity contribution < 1.29 is 9.32 Å². The molecule has 1 unspecified atom stereocenters. The Labute approximate surface area is 174 Å². The van der Waals surface area contributed by atoms with Gasteiger partial charge in [-0.1, -0.05) is 17.3 Å². The second kappa shape index (κ2) is 7.23. The second-order valence-corrected chi connectivity index (χ2v) is 8.30. The number of carbonyl (C=O) groups excluding carboxylic acids is 1. The summed E-state index contributed by atoms with van der Waals surface area (Å²) in [6.07, 6.45) is 4.39. The number of hydrogen-bond acceptors (Lipinski definition) is 5. The first-order chi connectivity index (χ1) is 14.5. The van der Waals surface area contributed by atoms with Gasteiger partial charge in [-0.3, -0.25) is 9.59 Å². The number of benzene rings is 1. The number of fused-ring (bicyclic) bond motifs is 1. The minimum atomic E-state index is -0.192. The first-order valence-electron chi connectivity index (χ1n) is 10.5. The van der Waals surface area contributed by atoms with Gasteiger partial charge < -0.3 is 14.4 Å². The van der Waals surface area contributed by atoms with E-state index in [1.165, 1.54) is 0 Å². The Bertz CT molecular complexity index is 1190. The number of amides is 1. The SMILES string of the molecule is Cc1cccc(N2CC(c3nc(-c4cc5c([nH]c4=O)CCCC5)no3)CC2=O)c1C. The molecule has 1 aliphatic carbocycles. The number of aromatic amines is 1. The Kier molecular flexibility index (Phi) is 4.53. The molecular weight excluding hydrogens is 380 g/mol. The van der Waals surface area contributed by atoms with Gasteiger partial charge in [-0.2, -0.15) is 4.98 Å². The average Bonchev–Trinajstić information content (AvgIpc) is 3.36. The van der Waals surface area contributed by atoms with E-state index in [-0.39, 0.29) is 23.2 Å². The Morgan fingerprint density at radius 2 is 2.00 bits per heavy atom. The van der Waals surface area contributed by atoms with Gasteiger partial charge in [-0.05, 0) is 68.4 Å². The van der Waals surface area contributed by atoms with Gasteiger partial charge in [0, 0.05) is 24.3 Å². The average molecular weight is 404 g/mol. The molecule has 2 aromatic heterocycles. The van der Waals surface area contributed by atoms with Crippen molar-refractivity contribution in [2.45, 2.75) is 51.9 Å². The molecule has 2 aliphatic rings. The maximum atomic E-state index is 12.7. The molecule has 1 N–H and O–H groups in total. The third-order valence-electron chi connectivity index (χ3n) is 6.36. The Hall–Kier alpha value is -3.22. The zero-order valence-electron chi connectivity index (χ0n) is 17.2. The third-order valence-corrected chi connectivity index (χ3v) is 6.36. The standard InChI is InChI=1S/C23H24N4O3/c1-13-6-5-9-19(14(13)2)27-12-16(11-20(27)28)23-25-21(26-30-23)17-10-15-7-3-4-8-18(15)24-22(17)29/h5-6,9-10,16H,3-4,7-8,11-12H2,1-2H3,(H,24,29). The fraction of sp³-hybridized carbons (Fsp3) is 0.391. The molecule has 0 bridgehead atoms. The van der Waals surface area contributed by atoms with E-state index in [2.05, 4.69) is 15.1 Å². The van der Waals surface area contributed by atoms with Gasteiger partial charge in [-0.15, -0.1) is 0 Å². The molecule has 3 heterocycles. The van der Waals surface area contributed by atoms with Crippen LogP contribution < -0.4 is 10.5 Å². The van der Waals surface area contributed by atoms with Crippen LogP contribution in [0.1, 0.15) is 53.5 Å². The Morgan fingerprint density at radius 1 is 1.17 bits per heavy atom. The summed E-state index contributed by atoms with van der Waals surface area (Å²) in [6, 6.07) is 7.86. The predicted octanol–water partition coefficient (Wildman–Crippen LogP) is 3.44. The summed E-state index contributed by atoms with van der Waals surface area (Å²) in [6.45, 7) is 4.56. The van der Waals surface area contributed by atoms with Gasteiger partial charge in [0.1, 0.15) is 0 Å². The van der Waals surface area contributed by atoms with Crippen molar-refractivity contribution >= 4 is 11.6 Å². The number of aromatic nitrogens is 3. The van der Waals surface area contributed by atoms with E-state index in [0.29, 0.717) is 24.4 Å². The summed E-state index contributed by atoms with van der Waals surface area (Å²) in [5.74, 6) is 0.552. The van der Waals surface area contributed by atoms with Gasteiger partial charge in [-0.25, -0.2) is 0 Å². The number of carbonyl (C=O) groups is 1. The topological polar surface area (TPSA) is 92.1 Å². The highest BCUT2D eigenvalue weighted by Gasteiger charge is 2.36. The molecular formula is C23H24N4O3. The van der Waals surface area contributed by atoms with E-state index < -0.39 is 0 Å². The van der Waals surface area contributed by atoms with Crippen molar-refractivity contribution in [2.24, 2.45) is 0 Å². The van der Waals surface area contributed by atoms with Crippen molar-refractivity contribution in [1.82, 2.24) is 15.1 Å². The highest BCUT2D eigenvalue weighted by atomic mass is 16.5. The van der Waals surface area contributed by atoms with E-state index in [1.807, 2.05) is 38.1 Å². The van der Waals surface area contributed by atoms with Gasteiger partial charge in [0.15, 0.2) is 0 Å². The van der Waals surface area contributed by atoms with Gasteiger partial charge in [0.05, 0.1) is 11.5 Å². The van der Waals surface area contributed by atoms with E-state index in [9.17, 15) is 9.59 Å². The lowest BCUT2D eigenvalue weighted by Gasteiger charge is -2.19. The molecule has 1 atom stereocenters. The molecule has 1 amide bonds. The zero-order valence-corrected chi connectivity index (χ0v) is 17.2. The normalized spacial score (nSPS) is 18.7. The van der Waals surface area contributed by atoms with Crippen molar-refractivity contribution in [3.63, 3.8) is 0 Å². The highest BCUT2D eigenvalue weighted by Crippen LogP contribution is 2.34. The number of pyridine rings is 1. The van der Waals surface area contributed by atoms with Crippen molar-refractivity contribution in [3.8, 4) is 11.4 Å². The van der Waals surface area contributed by atoms with E-state index >= 15 is 0 Å². The minimum Gasteiger partial charge on any atom is -0.339 e. The first-order valence-corrected chi connectivity index (χ1v) is 10.5. The summed E-state index contributed by atoms with van der Waals surface area (Å²) in [7, 11) is 0. The van der Waals surface area contributed by atoms with Crippen LogP contribution in [0.4, 0.5) is 5.69 Å². The summed E-state index contributed by atoms with van der Waals surface area (Å²) >= 11 is 0. The van der Waals surface area contributed by atoms with Crippen molar-refractivity contribution in [1.29, 1.82) is 0 Å². The summed E-state index contributed by atoms with van der Waals surface area (Å²) in [4.78, 5) is 34.5. The quantitative estimate of drug-likeness (QED) is 0.722.